The minimum atomic E-state index is -3.59. The summed E-state index contributed by atoms with van der Waals surface area (Å²) in [6.07, 6.45) is -2.02. The van der Waals surface area contributed by atoms with Crippen molar-refractivity contribution in [3.8, 4) is 23.0 Å². The molecule has 1 fully saturated rings. The maximum absolute atomic E-state index is 15.6. The van der Waals surface area contributed by atoms with Gasteiger partial charge in [0.05, 0.1) is 27.7 Å². The van der Waals surface area contributed by atoms with Crippen LogP contribution in [0.5, 0.6) is 0 Å². The van der Waals surface area contributed by atoms with Crippen molar-refractivity contribution in [3.05, 3.63) is 93.0 Å². The summed E-state index contributed by atoms with van der Waals surface area (Å²) in [5.74, 6) is -3.38. The van der Waals surface area contributed by atoms with Crippen LogP contribution < -0.4 is 10.6 Å². The minimum Gasteiger partial charge on any atom is -0.378 e. The monoisotopic (exact) mass is 825 g/mol. The molecule has 0 saturated heterocycles. The van der Waals surface area contributed by atoms with E-state index in [1.54, 1.807) is 31.3 Å². The Labute approximate surface area is 334 Å². The number of carbonyl (C=O) groups excluding carboxylic acids is 2. The number of halogens is 7. The first kappa shape index (κ1) is 40.8. The molecule has 1 saturated carbocycles. The van der Waals surface area contributed by atoms with Gasteiger partial charge in [0.1, 0.15) is 40.9 Å². The zero-order valence-electron chi connectivity index (χ0n) is 31.9. The molecule has 304 valence electrons. The summed E-state index contributed by atoms with van der Waals surface area (Å²) < 4.78 is 90.8. The number of nitrogens with one attached hydrogen (secondary N) is 2. The Balaban J connectivity index is 1.38. The molecule has 5 aromatic rings. The first-order valence-electron chi connectivity index (χ1n) is 18.5. The zero-order valence-corrected chi connectivity index (χ0v) is 32.7. The third-order valence-electron chi connectivity index (χ3n) is 10.5. The highest BCUT2D eigenvalue weighted by Gasteiger charge is 2.55. The number of aliphatic hydroxyl groups is 1. The van der Waals surface area contributed by atoms with Crippen LogP contribution in [0.15, 0.2) is 42.5 Å². The molecule has 3 heterocycles. The average molecular weight is 826 g/mol. The summed E-state index contributed by atoms with van der Waals surface area (Å²) in [5.41, 5.74) is -1.88. The lowest BCUT2D eigenvalue weighted by Gasteiger charge is -2.23. The number of fused-ring (bicyclic) bond motifs is 2. The lowest BCUT2D eigenvalue weighted by molar-refractivity contribution is -0.123. The van der Waals surface area contributed by atoms with E-state index in [0.29, 0.717) is 32.8 Å². The van der Waals surface area contributed by atoms with Gasteiger partial charge in [-0.2, -0.15) is 19.0 Å². The second kappa shape index (κ2) is 15.1. The molecule has 2 amide bonds. The van der Waals surface area contributed by atoms with E-state index in [2.05, 4.69) is 32.7 Å². The number of nitrogens with zero attached hydrogens (tertiary/aromatic N) is 5. The smallest absolute Gasteiger partial charge is 0.292 e. The molecule has 0 aliphatic heterocycles. The molecule has 0 bridgehead atoms. The summed E-state index contributed by atoms with van der Waals surface area (Å²) in [6.45, 7) is 4.64. The highest BCUT2D eigenvalue weighted by atomic mass is 35.5. The molecule has 7 rings (SSSR count). The first-order chi connectivity index (χ1) is 27.2. The van der Waals surface area contributed by atoms with Crippen molar-refractivity contribution in [2.75, 3.05) is 5.32 Å². The van der Waals surface area contributed by atoms with E-state index in [1.807, 2.05) is 0 Å². The molecule has 3 N–H and O–H groups in total. The fourth-order valence-corrected chi connectivity index (χ4v) is 7.65. The number of hydrogen-bond donors (Lipinski definition) is 3. The lowest BCUT2D eigenvalue weighted by atomic mass is 9.93. The molecular formula is C41H38ClF6N7O3. The van der Waals surface area contributed by atoms with E-state index in [4.69, 9.17) is 16.6 Å². The predicted octanol–water partition coefficient (Wildman–Crippen LogP) is 8.12. The van der Waals surface area contributed by atoms with E-state index in [-0.39, 0.29) is 51.6 Å². The molecular weight excluding hydrogens is 788 g/mol. The maximum Gasteiger partial charge on any atom is 0.292 e. The van der Waals surface area contributed by atoms with Gasteiger partial charge in [0.25, 0.3) is 12.3 Å². The number of aromatic nitrogens is 5. The Morgan fingerprint density at radius 3 is 2.34 bits per heavy atom. The highest BCUT2D eigenvalue weighted by molar-refractivity contribution is 6.37. The number of rotatable bonds is 10. The molecule has 2 aromatic carbocycles. The number of amides is 2. The van der Waals surface area contributed by atoms with Gasteiger partial charge in [0, 0.05) is 41.6 Å². The summed E-state index contributed by atoms with van der Waals surface area (Å²) in [6, 6.07) is 7.90. The number of carbonyl (C=O) groups is 2. The zero-order chi connectivity index (χ0) is 42.0. The van der Waals surface area contributed by atoms with Gasteiger partial charge in [0.15, 0.2) is 5.82 Å². The van der Waals surface area contributed by atoms with Gasteiger partial charge in [-0.05, 0) is 80.8 Å². The fraction of sp³-hybridized carbons (Fsp3) is 0.390. The highest BCUT2D eigenvalue weighted by Crippen LogP contribution is 2.54. The summed E-state index contributed by atoms with van der Waals surface area (Å²) >= 11 is 6.71. The van der Waals surface area contributed by atoms with Crippen molar-refractivity contribution in [2.24, 2.45) is 18.9 Å². The molecule has 3 aromatic heterocycles. The van der Waals surface area contributed by atoms with Gasteiger partial charge in [0.2, 0.25) is 11.8 Å². The van der Waals surface area contributed by atoms with Crippen molar-refractivity contribution in [3.63, 3.8) is 0 Å². The van der Waals surface area contributed by atoms with Gasteiger partial charge < -0.3 is 15.7 Å². The molecule has 17 heteroatoms. The quantitative estimate of drug-likeness (QED) is 0.0965. The second-order valence-corrected chi connectivity index (χ2v) is 15.8. The van der Waals surface area contributed by atoms with Crippen LogP contribution in [0.3, 0.4) is 0 Å². The van der Waals surface area contributed by atoms with Gasteiger partial charge in [-0.1, -0.05) is 37.4 Å². The first-order valence-corrected chi connectivity index (χ1v) is 18.9. The van der Waals surface area contributed by atoms with E-state index in [0.717, 1.165) is 25.0 Å². The molecule has 0 spiro atoms. The van der Waals surface area contributed by atoms with E-state index in [1.165, 1.54) is 32.4 Å². The van der Waals surface area contributed by atoms with Crippen LogP contribution in [0.2, 0.25) is 5.02 Å². The largest absolute Gasteiger partial charge is 0.378 e. The van der Waals surface area contributed by atoms with Gasteiger partial charge in [-0.25, -0.2) is 22.5 Å². The van der Waals surface area contributed by atoms with Crippen molar-refractivity contribution in [2.45, 2.75) is 83.4 Å². The normalized spacial score (nSPS) is 17.9. The Kier molecular flexibility index (Phi) is 10.6. The van der Waals surface area contributed by atoms with Crippen molar-refractivity contribution in [1.82, 2.24) is 29.9 Å². The number of alkyl halides is 4. The third kappa shape index (κ3) is 7.89. The fourth-order valence-electron chi connectivity index (χ4n) is 7.41. The SMILES string of the molecule is C[C@@H]1c2c(C(F)F)nn(CC(=O)N[C@@H](Cc3cc(F)cc(F)c3)c3nc(C#CC(C)(C)O)ccc3-c3ccc(Cl)c4c(NC(=O)C5CC5)nn(C)c34)c2C(F)(F)[C@@H]1C. The minimum absolute atomic E-state index is 0.0736. The van der Waals surface area contributed by atoms with Crippen molar-refractivity contribution >= 4 is 40.1 Å². The van der Waals surface area contributed by atoms with Crippen molar-refractivity contribution in [1.29, 1.82) is 0 Å². The standard InChI is InChI=1S/C41H38ClF6N7O3/c1-19-20(2)41(47,48)36-31(19)34(37(45)46)52-55(36)18-30(56)50-29(16-21-14-23(43)17-24(44)15-21)33-26(9-8-25(49-33)12-13-40(3,4)58)27-10-11-28(42)32-35(27)54(5)53-38(32)51-39(57)22-6-7-22/h8-11,14-15,17,19-20,22,29,37,58H,6-7,16,18H2,1-5H3,(H,50,56)(H,51,53,57)/t19-,20+,29-/m0/s1. The molecule has 3 atom stereocenters. The summed E-state index contributed by atoms with van der Waals surface area (Å²) in [5, 5.41) is 24.9. The number of benzene rings is 2. The van der Waals surface area contributed by atoms with Gasteiger partial charge >= 0.3 is 0 Å². The average Bonchev–Trinajstić information content (AvgIpc) is 3.80. The molecule has 58 heavy (non-hydrogen) atoms. The van der Waals surface area contributed by atoms with E-state index in [9.17, 15) is 32.3 Å². The molecule has 0 unspecified atom stereocenters. The van der Waals surface area contributed by atoms with Gasteiger partial charge in [-0.3, -0.25) is 19.0 Å². The summed E-state index contributed by atoms with van der Waals surface area (Å²) in [7, 11) is 1.63. The van der Waals surface area contributed by atoms with Gasteiger partial charge in [-0.15, -0.1) is 0 Å². The predicted molar refractivity (Wildman–Crippen MR) is 203 cm³/mol. The van der Waals surface area contributed by atoms with Crippen LogP contribution in [-0.4, -0.2) is 47.1 Å². The second-order valence-electron chi connectivity index (χ2n) is 15.4. The van der Waals surface area contributed by atoms with Crippen LogP contribution in [0.4, 0.5) is 32.2 Å². The van der Waals surface area contributed by atoms with Crippen LogP contribution in [-0.2, 0) is 35.5 Å². The maximum atomic E-state index is 15.6. The Bertz CT molecular complexity index is 2510. The topological polar surface area (TPSA) is 127 Å². The number of pyridine rings is 1. The number of anilines is 1. The van der Waals surface area contributed by atoms with Crippen LogP contribution >= 0.6 is 11.6 Å². The van der Waals surface area contributed by atoms with Crippen LogP contribution in [0.25, 0.3) is 22.0 Å². The Morgan fingerprint density at radius 2 is 1.71 bits per heavy atom. The number of aryl methyl sites for hydroxylation is 1. The molecule has 2 aliphatic rings. The van der Waals surface area contributed by atoms with E-state index < -0.39 is 71.3 Å². The molecule has 10 nitrogen and oxygen atoms in total. The van der Waals surface area contributed by atoms with Crippen LogP contribution in [0, 0.1) is 35.3 Å². The third-order valence-corrected chi connectivity index (χ3v) is 10.8. The molecule has 0 radical (unpaired) electrons. The Morgan fingerprint density at radius 1 is 1.03 bits per heavy atom. The van der Waals surface area contributed by atoms with E-state index >= 15 is 8.78 Å². The van der Waals surface area contributed by atoms with Crippen LogP contribution in [0.1, 0.15) is 92.8 Å². The molecule has 2 aliphatic carbocycles. The number of hydrogen-bond acceptors (Lipinski definition) is 6. The lowest BCUT2D eigenvalue weighted by Crippen LogP contribution is -2.35. The Hall–Kier alpha value is -5.40. The summed E-state index contributed by atoms with van der Waals surface area (Å²) in [4.78, 5) is 31.6. The van der Waals surface area contributed by atoms with Crippen molar-refractivity contribution < 1.29 is 41.0 Å².